The monoisotopic (exact) mass is 420 g/mol. The van der Waals surface area contributed by atoms with E-state index >= 15 is 0 Å². The lowest BCUT2D eigenvalue weighted by molar-refractivity contribution is 0.404. The van der Waals surface area contributed by atoms with Crippen molar-refractivity contribution in [2.45, 2.75) is 175 Å². The van der Waals surface area contributed by atoms with E-state index in [1.54, 1.807) is 0 Å². The van der Waals surface area contributed by atoms with E-state index in [4.69, 9.17) is 0 Å². The molecule has 0 saturated heterocycles. The summed E-state index contributed by atoms with van der Waals surface area (Å²) >= 11 is 0. The summed E-state index contributed by atoms with van der Waals surface area (Å²) in [5, 5.41) is 0. The molecule has 0 aromatic rings. The number of rotatable bonds is 25. The lowest BCUT2D eigenvalue weighted by Gasteiger charge is -2.13. The Hall–Kier alpha value is -0.260. The van der Waals surface area contributed by atoms with Crippen LogP contribution in [0.1, 0.15) is 175 Å². The molecule has 30 heavy (non-hydrogen) atoms. The first-order valence-electron chi connectivity index (χ1n) is 14.5. The third-order valence-electron chi connectivity index (χ3n) is 6.92. The highest BCUT2D eigenvalue weighted by molar-refractivity contribution is 4.81. The molecule has 0 bridgehead atoms. The van der Waals surface area contributed by atoms with Gasteiger partial charge in [-0.3, -0.25) is 0 Å². The number of unbranched alkanes of at least 4 members (excludes halogenated alkanes) is 18. The van der Waals surface area contributed by atoms with E-state index in [0.29, 0.717) is 0 Å². The van der Waals surface area contributed by atoms with Gasteiger partial charge in [0.05, 0.1) is 0 Å². The third kappa shape index (κ3) is 24.0. The predicted octanol–water partition coefficient (Wildman–Crippen LogP) is 11.6. The van der Waals surface area contributed by atoms with E-state index < -0.39 is 0 Å². The second-order valence-corrected chi connectivity index (χ2v) is 9.91. The summed E-state index contributed by atoms with van der Waals surface area (Å²) in [6.45, 7) is 7.00. The van der Waals surface area contributed by atoms with Crippen molar-refractivity contribution in [1.82, 2.24) is 0 Å². The minimum absolute atomic E-state index is 0.987. The molecule has 0 aliphatic carbocycles. The molecule has 0 radical (unpaired) electrons. The van der Waals surface area contributed by atoms with Gasteiger partial charge in [0.25, 0.3) is 0 Å². The van der Waals surface area contributed by atoms with Crippen LogP contribution in [0.4, 0.5) is 0 Å². The zero-order chi connectivity index (χ0) is 22.0. The van der Waals surface area contributed by atoms with E-state index in [1.807, 2.05) is 0 Å². The van der Waals surface area contributed by atoms with Crippen LogP contribution in [0.3, 0.4) is 0 Å². The molecular weight excluding hydrogens is 360 g/mol. The molecule has 0 spiro atoms. The van der Waals surface area contributed by atoms with Gasteiger partial charge in [-0.25, -0.2) is 0 Å². The molecule has 0 heterocycles. The van der Waals surface area contributed by atoms with Crippen LogP contribution in [-0.4, -0.2) is 0 Å². The van der Waals surface area contributed by atoms with Gasteiger partial charge in [0.15, 0.2) is 0 Å². The number of hydrogen-bond acceptors (Lipinski definition) is 0. The molecular formula is C30H60. The van der Waals surface area contributed by atoms with Gasteiger partial charge in [0.1, 0.15) is 0 Å². The molecule has 0 aromatic heterocycles. The lowest BCUT2D eigenvalue weighted by Crippen LogP contribution is -1.98. The summed E-state index contributed by atoms with van der Waals surface area (Å²) in [4.78, 5) is 0. The van der Waals surface area contributed by atoms with Crippen LogP contribution < -0.4 is 0 Å². The van der Waals surface area contributed by atoms with Crippen molar-refractivity contribution in [1.29, 1.82) is 0 Å². The van der Waals surface area contributed by atoms with Gasteiger partial charge in [0.2, 0.25) is 0 Å². The molecule has 180 valence electrons. The van der Waals surface area contributed by atoms with Gasteiger partial charge in [-0.2, -0.15) is 0 Å². The topological polar surface area (TPSA) is 0 Å². The normalized spacial score (nSPS) is 12.8. The smallest absolute Gasteiger partial charge is 0.0351 e. The molecule has 0 heteroatoms. The molecule has 0 nitrogen and oxygen atoms in total. The fourth-order valence-corrected chi connectivity index (χ4v) is 4.63. The molecule has 0 aliphatic heterocycles. The highest BCUT2D eigenvalue weighted by atomic mass is 14.1. The second-order valence-electron chi connectivity index (χ2n) is 9.91. The van der Waals surface area contributed by atoms with Gasteiger partial charge >= 0.3 is 0 Å². The van der Waals surface area contributed by atoms with Crippen LogP contribution in [0, 0.1) is 5.92 Å². The average Bonchev–Trinajstić information content (AvgIpc) is 2.76. The average molecular weight is 421 g/mol. The molecule has 0 aromatic carbocycles. The van der Waals surface area contributed by atoms with Crippen molar-refractivity contribution in [3.05, 3.63) is 12.2 Å². The van der Waals surface area contributed by atoms with Crippen molar-refractivity contribution >= 4 is 0 Å². The fraction of sp³-hybridized carbons (Fsp3) is 0.933. The summed E-state index contributed by atoms with van der Waals surface area (Å²) in [5.74, 6) is 0.987. The Labute approximate surface area is 193 Å². The van der Waals surface area contributed by atoms with E-state index in [2.05, 4.69) is 32.9 Å². The number of hydrogen-bond donors (Lipinski definition) is 0. The zero-order valence-electron chi connectivity index (χ0n) is 21.7. The minimum Gasteiger partial charge on any atom is -0.0885 e. The van der Waals surface area contributed by atoms with Crippen LogP contribution in [0.5, 0.6) is 0 Å². The first-order chi connectivity index (χ1) is 14.8. The molecule has 0 saturated carbocycles. The van der Waals surface area contributed by atoms with Crippen molar-refractivity contribution in [2.24, 2.45) is 5.92 Å². The summed E-state index contributed by atoms with van der Waals surface area (Å²) in [5.41, 5.74) is 0. The molecule has 1 unspecified atom stereocenters. The molecule has 0 rings (SSSR count). The third-order valence-corrected chi connectivity index (χ3v) is 6.92. The first kappa shape index (κ1) is 29.7. The highest BCUT2D eigenvalue weighted by Crippen LogP contribution is 2.20. The maximum absolute atomic E-state index is 2.46. The summed E-state index contributed by atoms with van der Waals surface area (Å²) in [6, 6.07) is 0. The van der Waals surface area contributed by atoms with Crippen molar-refractivity contribution < 1.29 is 0 Å². The van der Waals surface area contributed by atoms with Gasteiger partial charge in [0, 0.05) is 0 Å². The van der Waals surface area contributed by atoms with Gasteiger partial charge in [-0.1, -0.05) is 161 Å². The van der Waals surface area contributed by atoms with Crippen molar-refractivity contribution in [3.63, 3.8) is 0 Å². The Morgan fingerprint density at radius 2 is 0.767 bits per heavy atom. The largest absolute Gasteiger partial charge is 0.0885 e. The Kier molecular flexibility index (Phi) is 26.5. The van der Waals surface area contributed by atoms with Crippen LogP contribution in [0.15, 0.2) is 12.2 Å². The molecule has 1 atom stereocenters. The van der Waals surface area contributed by atoms with Crippen molar-refractivity contribution in [3.8, 4) is 0 Å². The SMILES string of the molecule is CCCCCCCCCCCCCCCC/C=C/CCCC(CC)CCCCCC. The van der Waals surface area contributed by atoms with Gasteiger partial charge in [-0.05, 0) is 31.6 Å². The Balaban J connectivity index is 3.24. The lowest BCUT2D eigenvalue weighted by atomic mass is 9.93. The summed E-state index contributed by atoms with van der Waals surface area (Å²) < 4.78 is 0. The maximum atomic E-state index is 2.46. The van der Waals surface area contributed by atoms with Crippen LogP contribution in [0.2, 0.25) is 0 Å². The summed E-state index contributed by atoms with van der Waals surface area (Å²) in [7, 11) is 0. The maximum Gasteiger partial charge on any atom is -0.0351 e. The summed E-state index contributed by atoms with van der Waals surface area (Å²) in [6.07, 6.45) is 39.4. The van der Waals surface area contributed by atoms with Gasteiger partial charge in [-0.15, -0.1) is 0 Å². The predicted molar refractivity (Wildman–Crippen MR) is 140 cm³/mol. The molecule has 0 fully saturated rings. The minimum atomic E-state index is 0.987. The van der Waals surface area contributed by atoms with Crippen molar-refractivity contribution in [2.75, 3.05) is 0 Å². The first-order valence-corrected chi connectivity index (χ1v) is 14.5. The van der Waals surface area contributed by atoms with E-state index in [0.717, 1.165) is 5.92 Å². The molecule has 0 amide bonds. The highest BCUT2D eigenvalue weighted by Gasteiger charge is 2.05. The Bertz CT molecular complexity index is 316. The van der Waals surface area contributed by atoms with Gasteiger partial charge < -0.3 is 0 Å². The van der Waals surface area contributed by atoms with Crippen LogP contribution in [-0.2, 0) is 0 Å². The number of allylic oxidation sites excluding steroid dienone is 2. The van der Waals surface area contributed by atoms with E-state index in [1.165, 1.54) is 154 Å². The van der Waals surface area contributed by atoms with Crippen LogP contribution in [0.25, 0.3) is 0 Å². The fourth-order valence-electron chi connectivity index (χ4n) is 4.63. The Morgan fingerprint density at radius 1 is 0.400 bits per heavy atom. The quantitative estimate of drug-likeness (QED) is 0.102. The van der Waals surface area contributed by atoms with E-state index in [9.17, 15) is 0 Å². The van der Waals surface area contributed by atoms with Crippen LogP contribution >= 0.6 is 0 Å². The molecule has 0 N–H and O–H groups in total. The zero-order valence-corrected chi connectivity index (χ0v) is 21.7. The second kappa shape index (κ2) is 26.8. The Morgan fingerprint density at radius 3 is 1.23 bits per heavy atom. The van der Waals surface area contributed by atoms with E-state index in [-0.39, 0.29) is 0 Å². The standard InChI is InChI=1S/C30H60/c1-4-7-9-11-12-13-14-15-16-17-18-19-20-21-22-23-24-25-27-29-30(6-3)28-26-10-8-5-2/h23-24,30H,4-22,25-29H2,1-3H3/b24-23+. The molecule has 0 aliphatic rings.